The molecular weight excluding hydrogens is 248 g/mol. The molecule has 1 fully saturated rings. The minimum Gasteiger partial charge on any atom is -0.323 e. The van der Waals surface area contributed by atoms with Gasteiger partial charge < -0.3 is 5.73 Å². The summed E-state index contributed by atoms with van der Waals surface area (Å²) in [4.78, 5) is 0. The summed E-state index contributed by atoms with van der Waals surface area (Å²) in [6, 6.07) is 7.46. The van der Waals surface area contributed by atoms with E-state index in [1.807, 2.05) is 24.3 Å². The molecule has 98 valence electrons. The van der Waals surface area contributed by atoms with Crippen LogP contribution in [0, 0.1) is 0 Å². The summed E-state index contributed by atoms with van der Waals surface area (Å²) in [5, 5.41) is 0. The Bertz CT molecular complexity index is 578. The van der Waals surface area contributed by atoms with Gasteiger partial charge in [-0.15, -0.1) is 0 Å². The van der Waals surface area contributed by atoms with Crippen LogP contribution in [0.2, 0.25) is 0 Å². The fraction of sp³-hybridized carbons (Fsp3) is 0.538. The normalized spacial score (nSPS) is 29.0. The first-order valence-electron chi connectivity index (χ1n) is 6.28. The van der Waals surface area contributed by atoms with E-state index in [-0.39, 0.29) is 12.1 Å². The maximum atomic E-state index is 12.2. The zero-order valence-corrected chi connectivity index (χ0v) is 11.2. The molecule has 0 unspecified atom stereocenters. The van der Waals surface area contributed by atoms with Crippen molar-refractivity contribution in [2.45, 2.75) is 43.0 Å². The van der Waals surface area contributed by atoms with Gasteiger partial charge in [-0.1, -0.05) is 24.3 Å². The van der Waals surface area contributed by atoms with Gasteiger partial charge >= 0.3 is 0 Å². The molecule has 2 aliphatic rings. The molecule has 0 spiro atoms. The zero-order chi connectivity index (χ0) is 13.0. The molecule has 0 aliphatic heterocycles. The fourth-order valence-corrected chi connectivity index (χ4v) is 4.08. The molecule has 4 nitrogen and oxygen atoms in total. The lowest BCUT2D eigenvalue weighted by molar-refractivity contribution is 0.506. The molecule has 0 radical (unpaired) electrons. The Kier molecular flexibility index (Phi) is 2.56. The van der Waals surface area contributed by atoms with Crippen molar-refractivity contribution in [3.63, 3.8) is 0 Å². The molecule has 2 aliphatic carbocycles. The van der Waals surface area contributed by atoms with Gasteiger partial charge in [-0.05, 0) is 37.3 Å². The Morgan fingerprint density at radius 1 is 1.33 bits per heavy atom. The first-order chi connectivity index (χ1) is 8.43. The Hall–Kier alpha value is -0.910. The largest absolute Gasteiger partial charge is 0.323 e. The van der Waals surface area contributed by atoms with Crippen LogP contribution in [0.3, 0.4) is 0 Å². The van der Waals surface area contributed by atoms with Crippen LogP contribution in [0.1, 0.15) is 36.9 Å². The van der Waals surface area contributed by atoms with Crippen molar-refractivity contribution in [1.82, 2.24) is 4.72 Å². The highest BCUT2D eigenvalue weighted by atomic mass is 32.2. The van der Waals surface area contributed by atoms with Crippen molar-refractivity contribution in [3.05, 3.63) is 35.4 Å². The van der Waals surface area contributed by atoms with E-state index in [1.165, 1.54) is 0 Å². The Labute approximate surface area is 108 Å². The molecule has 0 heterocycles. The second kappa shape index (κ2) is 3.79. The summed E-state index contributed by atoms with van der Waals surface area (Å²) in [5.74, 6) is 0. The predicted octanol–water partition coefficient (Wildman–Crippen LogP) is 1.08. The van der Waals surface area contributed by atoms with Crippen molar-refractivity contribution >= 4 is 10.0 Å². The third kappa shape index (κ3) is 1.77. The van der Waals surface area contributed by atoms with Crippen molar-refractivity contribution in [2.75, 3.05) is 0 Å². The van der Waals surface area contributed by atoms with Crippen molar-refractivity contribution in [2.24, 2.45) is 5.73 Å². The molecule has 0 amide bonds. The average Bonchev–Trinajstić information content (AvgIpc) is 3.01. The van der Waals surface area contributed by atoms with Crippen LogP contribution in [0.15, 0.2) is 24.3 Å². The summed E-state index contributed by atoms with van der Waals surface area (Å²) in [6.45, 7) is 1.79. The number of benzene rings is 1. The molecule has 3 N–H and O–H groups in total. The number of rotatable bonds is 3. The summed E-state index contributed by atoms with van der Waals surface area (Å²) < 4.78 is 26.6. The third-order valence-electron chi connectivity index (χ3n) is 4.20. The van der Waals surface area contributed by atoms with Gasteiger partial charge in [-0.3, -0.25) is 0 Å². The predicted molar refractivity (Wildman–Crippen MR) is 70.6 cm³/mol. The molecule has 5 heteroatoms. The highest BCUT2D eigenvalue weighted by molar-refractivity contribution is 7.91. The van der Waals surface area contributed by atoms with E-state index in [0.29, 0.717) is 6.42 Å². The van der Waals surface area contributed by atoms with Gasteiger partial charge in [-0.25, -0.2) is 13.1 Å². The SMILES string of the molecule is CC1(S(=O)(=O)N[C@@H]2Cc3ccccc3[C@H]2N)CC1. The van der Waals surface area contributed by atoms with Crippen LogP contribution in [-0.2, 0) is 16.4 Å². The van der Waals surface area contributed by atoms with Crippen molar-refractivity contribution in [3.8, 4) is 0 Å². The second-order valence-electron chi connectivity index (χ2n) is 5.61. The minimum absolute atomic E-state index is 0.204. The first kappa shape index (κ1) is 12.1. The van der Waals surface area contributed by atoms with Gasteiger partial charge in [-0.2, -0.15) is 0 Å². The van der Waals surface area contributed by atoms with Gasteiger partial charge in [0.25, 0.3) is 0 Å². The third-order valence-corrected chi connectivity index (χ3v) is 6.52. The van der Waals surface area contributed by atoms with E-state index < -0.39 is 14.8 Å². The topological polar surface area (TPSA) is 72.2 Å². The maximum absolute atomic E-state index is 12.2. The van der Waals surface area contributed by atoms with E-state index in [2.05, 4.69) is 4.72 Å². The number of nitrogens with one attached hydrogen (secondary N) is 1. The van der Waals surface area contributed by atoms with Crippen molar-refractivity contribution < 1.29 is 8.42 Å². The van der Waals surface area contributed by atoms with Gasteiger partial charge in [0.2, 0.25) is 10.0 Å². The van der Waals surface area contributed by atoms with E-state index in [0.717, 1.165) is 24.0 Å². The molecule has 0 saturated heterocycles. The number of hydrogen-bond donors (Lipinski definition) is 2. The summed E-state index contributed by atoms with van der Waals surface area (Å²) >= 11 is 0. The highest BCUT2D eigenvalue weighted by Crippen LogP contribution is 2.43. The van der Waals surface area contributed by atoms with Crippen LogP contribution < -0.4 is 10.5 Å². The lowest BCUT2D eigenvalue weighted by Gasteiger charge is -2.20. The molecule has 3 rings (SSSR count). The van der Waals surface area contributed by atoms with E-state index in [4.69, 9.17) is 5.73 Å². The van der Waals surface area contributed by atoms with Gasteiger partial charge in [0.05, 0.1) is 4.75 Å². The van der Waals surface area contributed by atoms with E-state index in [9.17, 15) is 8.42 Å². The minimum atomic E-state index is -3.25. The first-order valence-corrected chi connectivity index (χ1v) is 7.77. The van der Waals surface area contributed by atoms with Crippen LogP contribution in [0.5, 0.6) is 0 Å². The number of sulfonamides is 1. The second-order valence-corrected chi connectivity index (χ2v) is 7.83. The number of nitrogens with two attached hydrogens (primary N) is 1. The van der Waals surface area contributed by atoms with Crippen LogP contribution in [0.25, 0.3) is 0 Å². The van der Waals surface area contributed by atoms with Gasteiger partial charge in [0.15, 0.2) is 0 Å². The van der Waals surface area contributed by atoms with Crippen LogP contribution in [0.4, 0.5) is 0 Å². The molecule has 0 bridgehead atoms. The zero-order valence-electron chi connectivity index (χ0n) is 10.4. The Morgan fingerprint density at radius 2 is 2.00 bits per heavy atom. The Morgan fingerprint density at radius 3 is 2.61 bits per heavy atom. The quantitative estimate of drug-likeness (QED) is 0.860. The van der Waals surface area contributed by atoms with E-state index in [1.54, 1.807) is 6.92 Å². The maximum Gasteiger partial charge on any atom is 0.217 e. The van der Waals surface area contributed by atoms with E-state index >= 15 is 0 Å². The number of fused-ring (bicyclic) bond motifs is 1. The Balaban J connectivity index is 1.81. The lowest BCUT2D eigenvalue weighted by Crippen LogP contribution is -2.45. The van der Waals surface area contributed by atoms with Gasteiger partial charge in [0.1, 0.15) is 0 Å². The molecule has 18 heavy (non-hydrogen) atoms. The van der Waals surface area contributed by atoms with Gasteiger partial charge in [0, 0.05) is 12.1 Å². The monoisotopic (exact) mass is 266 g/mol. The molecule has 1 aromatic rings. The molecular formula is C13H18N2O2S. The molecule has 0 aromatic heterocycles. The summed E-state index contributed by atoms with van der Waals surface area (Å²) in [5.41, 5.74) is 8.35. The summed E-state index contributed by atoms with van der Waals surface area (Å²) in [6.07, 6.45) is 2.18. The van der Waals surface area contributed by atoms with Crippen molar-refractivity contribution in [1.29, 1.82) is 0 Å². The molecule has 1 saturated carbocycles. The van der Waals surface area contributed by atoms with Crippen LogP contribution in [-0.4, -0.2) is 19.2 Å². The lowest BCUT2D eigenvalue weighted by atomic mass is 10.1. The highest BCUT2D eigenvalue weighted by Gasteiger charge is 2.51. The molecule has 2 atom stereocenters. The average molecular weight is 266 g/mol. The fourth-order valence-electron chi connectivity index (χ4n) is 2.53. The standard InChI is InChI=1S/C13H18N2O2S/c1-13(6-7-13)18(16,17)15-11-8-9-4-2-3-5-10(9)12(11)14/h2-5,11-12,15H,6-8,14H2,1H3/t11-,12-/m1/s1. The van der Waals surface area contributed by atoms with Crippen LogP contribution >= 0.6 is 0 Å². The smallest absolute Gasteiger partial charge is 0.217 e. The summed E-state index contributed by atoms with van der Waals surface area (Å²) in [7, 11) is -3.25. The number of hydrogen-bond acceptors (Lipinski definition) is 3. The molecule has 1 aromatic carbocycles.